The quantitative estimate of drug-likeness (QED) is 0.858. The molecule has 0 saturated carbocycles. The van der Waals surface area contributed by atoms with Gasteiger partial charge in [-0.1, -0.05) is 12.1 Å². The number of amides is 1. The molecule has 2 aromatic rings. The molecule has 1 fully saturated rings. The maximum absolute atomic E-state index is 12.4. The van der Waals surface area contributed by atoms with Crippen LogP contribution in [0, 0.1) is 0 Å². The van der Waals surface area contributed by atoms with Crippen LogP contribution >= 0.6 is 0 Å². The number of benzene rings is 1. The highest BCUT2D eigenvalue weighted by Gasteiger charge is 2.18. The average molecular weight is 355 g/mol. The highest BCUT2D eigenvalue weighted by molar-refractivity contribution is 5.94. The van der Waals surface area contributed by atoms with Gasteiger partial charge in [-0.05, 0) is 30.5 Å². The first-order valence-corrected chi connectivity index (χ1v) is 8.79. The first kappa shape index (κ1) is 18.0. The molecule has 1 aromatic heterocycles. The van der Waals surface area contributed by atoms with Gasteiger partial charge in [0.1, 0.15) is 11.4 Å². The van der Waals surface area contributed by atoms with Crippen molar-refractivity contribution in [2.75, 3.05) is 49.4 Å². The molecule has 1 saturated heterocycles. The minimum Gasteiger partial charge on any atom is -0.497 e. The van der Waals surface area contributed by atoms with E-state index in [0.717, 1.165) is 30.4 Å². The van der Waals surface area contributed by atoms with Crippen molar-refractivity contribution in [3.8, 4) is 5.75 Å². The van der Waals surface area contributed by atoms with Crippen LogP contribution in [-0.2, 0) is 11.2 Å². The molecule has 1 N–H and O–H groups in total. The number of nitrogens with one attached hydrogen (secondary N) is 1. The Kier molecular flexibility index (Phi) is 5.55. The number of methoxy groups -OCH3 is 1. The molecular formula is C19H25N5O2. The molecule has 0 unspecified atom stereocenters. The summed E-state index contributed by atoms with van der Waals surface area (Å²) in [5, 5.41) is 2.93. The standard InChI is InChI=1S/C19H25N5O2/c1-23(2)18-16(13-20-19(22-18)24-10-4-5-11-24)21-17(25)12-14-6-8-15(26-3)9-7-14/h6-9,13H,4-5,10-12H2,1-3H3,(H,21,25). The summed E-state index contributed by atoms with van der Waals surface area (Å²) in [6.07, 6.45) is 4.31. The molecule has 0 aliphatic carbocycles. The van der Waals surface area contributed by atoms with E-state index < -0.39 is 0 Å². The minimum absolute atomic E-state index is 0.101. The molecule has 1 aliphatic heterocycles. The summed E-state index contributed by atoms with van der Waals surface area (Å²) in [4.78, 5) is 25.6. The minimum atomic E-state index is -0.101. The molecule has 26 heavy (non-hydrogen) atoms. The van der Waals surface area contributed by atoms with Gasteiger partial charge < -0.3 is 19.9 Å². The number of hydrogen-bond donors (Lipinski definition) is 1. The molecule has 1 amide bonds. The Hall–Kier alpha value is -2.83. The van der Waals surface area contributed by atoms with Gasteiger partial charge >= 0.3 is 0 Å². The molecule has 1 aliphatic rings. The molecule has 7 heteroatoms. The molecule has 0 bridgehead atoms. The van der Waals surface area contributed by atoms with E-state index in [0.29, 0.717) is 11.5 Å². The molecule has 0 spiro atoms. The third-order valence-electron chi connectivity index (χ3n) is 4.37. The topological polar surface area (TPSA) is 70.6 Å². The summed E-state index contributed by atoms with van der Waals surface area (Å²) in [7, 11) is 5.45. The van der Waals surface area contributed by atoms with E-state index in [1.54, 1.807) is 13.3 Å². The Bertz CT molecular complexity index is 755. The largest absolute Gasteiger partial charge is 0.497 e. The van der Waals surface area contributed by atoms with E-state index >= 15 is 0 Å². The van der Waals surface area contributed by atoms with E-state index in [2.05, 4.69) is 20.2 Å². The molecule has 0 atom stereocenters. The Balaban J connectivity index is 1.71. The van der Waals surface area contributed by atoms with Crippen molar-refractivity contribution in [2.24, 2.45) is 0 Å². The van der Waals surface area contributed by atoms with Gasteiger partial charge in [0.2, 0.25) is 11.9 Å². The van der Waals surface area contributed by atoms with Gasteiger partial charge in [-0.3, -0.25) is 4.79 Å². The lowest BCUT2D eigenvalue weighted by atomic mass is 10.1. The SMILES string of the molecule is COc1ccc(CC(=O)Nc2cnc(N3CCCC3)nc2N(C)C)cc1. The van der Waals surface area contributed by atoms with Crippen molar-refractivity contribution >= 4 is 23.4 Å². The Morgan fingerprint density at radius 3 is 2.54 bits per heavy atom. The fraction of sp³-hybridized carbons (Fsp3) is 0.421. The Morgan fingerprint density at radius 2 is 1.92 bits per heavy atom. The van der Waals surface area contributed by atoms with Crippen molar-refractivity contribution < 1.29 is 9.53 Å². The average Bonchev–Trinajstić information content (AvgIpc) is 3.17. The van der Waals surface area contributed by atoms with Crippen LogP contribution in [-0.4, -0.2) is 50.2 Å². The fourth-order valence-corrected chi connectivity index (χ4v) is 2.99. The number of carbonyl (C=O) groups is 1. The number of anilines is 3. The number of hydrogen-bond acceptors (Lipinski definition) is 6. The summed E-state index contributed by atoms with van der Waals surface area (Å²) in [5.74, 6) is 2.11. The molecule has 7 nitrogen and oxygen atoms in total. The third kappa shape index (κ3) is 4.22. The second kappa shape index (κ2) is 8.03. The molecular weight excluding hydrogens is 330 g/mol. The highest BCUT2D eigenvalue weighted by Crippen LogP contribution is 2.25. The molecule has 2 heterocycles. The lowest BCUT2D eigenvalue weighted by molar-refractivity contribution is -0.115. The predicted molar refractivity (Wildman–Crippen MR) is 103 cm³/mol. The second-order valence-corrected chi connectivity index (χ2v) is 6.57. The van der Waals surface area contributed by atoms with Crippen LogP contribution in [0.4, 0.5) is 17.5 Å². The smallest absolute Gasteiger partial charge is 0.228 e. The van der Waals surface area contributed by atoms with E-state index in [1.807, 2.05) is 43.3 Å². The summed E-state index contributed by atoms with van der Waals surface area (Å²) < 4.78 is 5.14. The predicted octanol–water partition coefficient (Wildman–Crippen LogP) is 2.33. The number of rotatable bonds is 6. The summed E-state index contributed by atoms with van der Waals surface area (Å²) in [6, 6.07) is 7.47. The zero-order chi connectivity index (χ0) is 18.5. The van der Waals surface area contributed by atoms with Gasteiger partial charge in [-0.25, -0.2) is 4.98 Å². The zero-order valence-electron chi connectivity index (χ0n) is 15.5. The number of ether oxygens (including phenoxy) is 1. The van der Waals surface area contributed by atoms with Gasteiger partial charge in [-0.2, -0.15) is 4.98 Å². The Morgan fingerprint density at radius 1 is 1.23 bits per heavy atom. The first-order valence-electron chi connectivity index (χ1n) is 8.79. The van der Waals surface area contributed by atoms with Crippen molar-refractivity contribution in [3.05, 3.63) is 36.0 Å². The van der Waals surface area contributed by atoms with E-state index in [4.69, 9.17) is 4.74 Å². The lowest BCUT2D eigenvalue weighted by Crippen LogP contribution is -2.24. The van der Waals surface area contributed by atoms with Gasteiger partial charge in [0.05, 0.1) is 19.7 Å². The normalized spacial score (nSPS) is 13.6. The molecule has 138 valence electrons. The van der Waals surface area contributed by atoms with Crippen LogP contribution in [0.2, 0.25) is 0 Å². The van der Waals surface area contributed by atoms with E-state index in [-0.39, 0.29) is 12.3 Å². The summed E-state index contributed by atoms with van der Waals surface area (Å²) >= 11 is 0. The number of carbonyl (C=O) groups excluding carboxylic acids is 1. The first-order chi connectivity index (χ1) is 12.6. The van der Waals surface area contributed by atoms with Crippen LogP contribution in [0.3, 0.4) is 0 Å². The van der Waals surface area contributed by atoms with Crippen LogP contribution in [0.1, 0.15) is 18.4 Å². The van der Waals surface area contributed by atoms with Crippen LogP contribution < -0.4 is 19.9 Å². The Labute approximate surface area is 154 Å². The number of nitrogens with zero attached hydrogens (tertiary/aromatic N) is 4. The van der Waals surface area contributed by atoms with E-state index in [9.17, 15) is 4.79 Å². The summed E-state index contributed by atoms with van der Waals surface area (Å²) in [5.41, 5.74) is 1.54. The second-order valence-electron chi connectivity index (χ2n) is 6.57. The highest BCUT2D eigenvalue weighted by atomic mass is 16.5. The van der Waals surface area contributed by atoms with Gasteiger partial charge in [0, 0.05) is 27.2 Å². The monoisotopic (exact) mass is 355 g/mol. The maximum Gasteiger partial charge on any atom is 0.228 e. The van der Waals surface area contributed by atoms with Crippen molar-refractivity contribution in [1.29, 1.82) is 0 Å². The number of aromatic nitrogens is 2. The van der Waals surface area contributed by atoms with Gasteiger partial charge in [0.15, 0.2) is 5.82 Å². The maximum atomic E-state index is 12.4. The molecule has 3 rings (SSSR count). The van der Waals surface area contributed by atoms with Gasteiger partial charge in [0.25, 0.3) is 0 Å². The van der Waals surface area contributed by atoms with Gasteiger partial charge in [-0.15, -0.1) is 0 Å². The van der Waals surface area contributed by atoms with Crippen LogP contribution in [0.25, 0.3) is 0 Å². The lowest BCUT2D eigenvalue weighted by Gasteiger charge is -2.21. The van der Waals surface area contributed by atoms with Crippen LogP contribution in [0.15, 0.2) is 30.5 Å². The van der Waals surface area contributed by atoms with E-state index in [1.165, 1.54) is 12.8 Å². The third-order valence-corrected chi connectivity index (χ3v) is 4.37. The fourth-order valence-electron chi connectivity index (χ4n) is 2.99. The summed E-state index contributed by atoms with van der Waals surface area (Å²) in [6.45, 7) is 1.96. The van der Waals surface area contributed by atoms with Crippen LogP contribution in [0.5, 0.6) is 5.75 Å². The van der Waals surface area contributed by atoms with Crippen molar-refractivity contribution in [3.63, 3.8) is 0 Å². The molecule has 1 aromatic carbocycles. The van der Waals surface area contributed by atoms with Crippen molar-refractivity contribution in [2.45, 2.75) is 19.3 Å². The molecule has 0 radical (unpaired) electrons. The zero-order valence-corrected chi connectivity index (χ0v) is 15.5. The van der Waals surface area contributed by atoms with Crippen molar-refractivity contribution in [1.82, 2.24) is 9.97 Å².